The Bertz CT molecular complexity index is 503. The largest absolute Gasteiger partial charge is 0.434 e. The molecule has 0 saturated heterocycles. The summed E-state index contributed by atoms with van der Waals surface area (Å²) in [5.41, 5.74) is 0. The van der Waals surface area contributed by atoms with Crippen molar-refractivity contribution in [1.29, 1.82) is 0 Å². The topological polar surface area (TPSA) is 99.0 Å². The minimum Gasteiger partial charge on any atom is -0.382 e. The molecule has 8 nitrogen and oxygen atoms in total. The molecule has 16 heavy (non-hydrogen) atoms. The molecule has 2 heterocycles. The summed E-state index contributed by atoms with van der Waals surface area (Å²) in [5, 5.41) is 20.9. The van der Waals surface area contributed by atoms with Gasteiger partial charge in [-0.15, -0.1) is 5.10 Å². The molecule has 0 unspecified atom stereocenters. The van der Waals surface area contributed by atoms with E-state index in [-0.39, 0.29) is 11.8 Å². The highest BCUT2D eigenvalue weighted by Gasteiger charge is 2.13. The maximum absolute atomic E-state index is 10.4. The van der Waals surface area contributed by atoms with Crippen molar-refractivity contribution in [1.82, 2.24) is 15.0 Å². The van der Waals surface area contributed by atoms with Crippen LogP contribution in [-0.4, -0.2) is 26.5 Å². The van der Waals surface area contributed by atoms with Crippen molar-refractivity contribution >= 4 is 11.7 Å². The average Bonchev–Trinajstić information content (AvgIpc) is 2.84. The SMILES string of the molecule is CCNc1cn(-c2ccc([N+](=O)[O-])o2)nn1. The van der Waals surface area contributed by atoms with E-state index in [9.17, 15) is 10.1 Å². The molecule has 1 N–H and O–H groups in total. The van der Waals surface area contributed by atoms with Crippen LogP contribution in [0.3, 0.4) is 0 Å². The Labute approximate surface area is 90.0 Å². The van der Waals surface area contributed by atoms with E-state index < -0.39 is 4.92 Å². The van der Waals surface area contributed by atoms with Gasteiger partial charge in [-0.05, 0) is 6.92 Å². The summed E-state index contributed by atoms with van der Waals surface area (Å²) in [6.07, 6.45) is 1.59. The van der Waals surface area contributed by atoms with Gasteiger partial charge in [-0.2, -0.15) is 4.68 Å². The molecule has 0 fully saturated rings. The molecule has 0 saturated carbocycles. The molecular formula is C8H9N5O3. The highest BCUT2D eigenvalue weighted by atomic mass is 16.6. The predicted molar refractivity (Wildman–Crippen MR) is 54.4 cm³/mol. The van der Waals surface area contributed by atoms with Crippen molar-refractivity contribution in [3.05, 3.63) is 28.4 Å². The van der Waals surface area contributed by atoms with Crippen molar-refractivity contribution in [3.8, 4) is 5.88 Å². The quantitative estimate of drug-likeness (QED) is 0.617. The molecule has 0 aliphatic heterocycles. The minimum atomic E-state index is -0.606. The zero-order valence-electron chi connectivity index (χ0n) is 8.45. The number of hydrogen-bond acceptors (Lipinski definition) is 6. The van der Waals surface area contributed by atoms with E-state index in [1.807, 2.05) is 6.92 Å². The smallest absolute Gasteiger partial charge is 0.382 e. The van der Waals surface area contributed by atoms with Gasteiger partial charge in [-0.25, -0.2) is 0 Å². The van der Waals surface area contributed by atoms with Crippen LogP contribution < -0.4 is 5.32 Å². The molecule has 0 aromatic carbocycles. The van der Waals surface area contributed by atoms with Gasteiger partial charge in [0.15, 0.2) is 5.82 Å². The molecule has 0 radical (unpaired) electrons. The Morgan fingerprint density at radius 2 is 2.44 bits per heavy atom. The molecular weight excluding hydrogens is 214 g/mol. The molecule has 8 heteroatoms. The Morgan fingerprint density at radius 3 is 3.06 bits per heavy atom. The second-order valence-corrected chi connectivity index (χ2v) is 2.95. The van der Waals surface area contributed by atoms with Gasteiger partial charge in [-0.3, -0.25) is 10.1 Å². The van der Waals surface area contributed by atoms with E-state index >= 15 is 0 Å². The van der Waals surface area contributed by atoms with Crippen LogP contribution in [0.2, 0.25) is 0 Å². The fourth-order valence-electron chi connectivity index (χ4n) is 1.17. The number of nitro groups is 1. The lowest BCUT2D eigenvalue weighted by Gasteiger charge is -1.93. The number of anilines is 1. The molecule has 0 aliphatic rings. The van der Waals surface area contributed by atoms with Gasteiger partial charge in [-0.1, -0.05) is 5.21 Å². The molecule has 0 bridgehead atoms. The second-order valence-electron chi connectivity index (χ2n) is 2.95. The molecule has 0 atom stereocenters. The molecule has 2 aromatic rings. The number of rotatable bonds is 4. The van der Waals surface area contributed by atoms with Gasteiger partial charge in [0.2, 0.25) is 5.88 Å². The summed E-state index contributed by atoms with van der Waals surface area (Å²) in [6.45, 7) is 2.65. The third kappa shape index (κ3) is 1.85. The maximum atomic E-state index is 10.4. The van der Waals surface area contributed by atoms with Crippen LogP contribution in [0.4, 0.5) is 11.7 Å². The van der Waals surface area contributed by atoms with Gasteiger partial charge in [0.1, 0.15) is 4.92 Å². The number of furan rings is 1. The minimum absolute atomic E-state index is 0.253. The molecule has 0 aliphatic carbocycles. The van der Waals surface area contributed by atoms with Crippen molar-refractivity contribution < 1.29 is 9.34 Å². The lowest BCUT2D eigenvalue weighted by molar-refractivity contribution is -0.402. The van der Waals surface area contributed by atoms with Crippen molar-refractivity contribution in [3.63, 3.8) is 0 Å². The first-order chi connectivity index (χ1) is 7.70. The summed E-state index contributed by atoms with van der Waals surface area (Å²) in [4.78, 5) is 9.80. The van der Waals surface area contributed by atoms with Gasteiger partial charge in [0, 0.05) is 12.6 Å². The fourth-order valence-corrected chi connectivity index (χ4v) is 1.17. The van der Waals surface area contributed by atoms with Gasteiger partial charge in [0.05, 0.1) is 12.3 Å². The average molecular weight is 223 g/mol. The predicted octanol–water partition coefficient (Wildman–Crippen LogP) is 1.20. The van der Waals surface area contributed by atoms with Crippen LogP contribution >= 0.6 is 0 Å². The van der Waals surface area contributed by atoms with E-state index in [0.717, 1.165) is 6.54 Å². The van der Waals surface area contributed by atoms with E-state index in [0.29, 0.717) is 5.82 Å². The third-order valence-electron chi connectivity index (χ3n) is 1.83. The maximum Gasteiger partial charge on any atom is 0.434 e. The third-order valence-corrected chi connectivity index (χ3v) is 1.83. The van der Waals surface area contributed by atoms with Crippen LogP contribution in [0, 0.1) is 10.1 Å². The Kier molecular flexibility index (Phi) is 2.54. The highest BCUT2D eigenvalue weighted by Crippen LogP contribution is 2.18. The summed E-state index contributed by atoms with van der Waals surface area (Å²) >= 11 is 0. The van der Waals surface area contributed by atoms with Gasteiger partial charge in [0.25, 0.3) is 0 Å². The molecule has 2 aromatic heterocycles. The molecule has 0 spiro atoms. The lowest BCUT2D eigenvalue weighted by atomic mass is 10.6. The second kappa shape index (κ2) is 4.01. The standard InChI is InChI=1S/C8H9N5O3/c1-2-9-6-5-12(11-10-6)7-3-4-8(16-7)13(14)15/h3-5,9H,2H2,1H3. The normalized spacial score (nSPS) is 10.3. The Balaban J connectivity index is 2.24. The van der Waals surface area contributed by atoms with Gasteiger partial charge >= 0.3 is 5.88 Å². The number of nitrogens with zero attached hydrogens (tertiary/aromatic N) is 4. The molecule has 2 rings (SSSR count). The summed E-state index contributed by atoms with van der Waals surface area (Å²) < 4.78 is 6.28. The molecule has 84 valence electrons. The van der Waals surface area contributed by atoms with E-state index in [1.165, 1.54) is 16.8 Å². The lowest BCUT2D eigenvalue weighted by Crippen LogP contribution is -1.95. The molecule has 0 amide bonds. The first-order valence-electron chi connectivity index (χ1n) is 4.61. The summed E-state index contributed by atoms with van der Waals surface area (Å²) in [6, 6.07) is 2.73. The van der Waals surface area contributed by atoms with E-state index in [2.05, 4.69) is 15.6 Å². The Morgan fingerprint density at radius 1 is 1.62 bits per heavy atom. The van der Waals surface area contributed by atoms with Crippen LogP contribution in [0.5, 0.6) is 0 Å². The number of nitrogens with one attached hydrogen (secondary N) is 1. The van der Waals surface area contributed by atoms with Crippen molar-refractivity contribution in [2.24, 2.45) is 0 Å². The fraction of sp³-hybridized carbons (Fsp3) is 0.250. The van der Waals surface area contributed by atoms with E-state index in [4.69, 9.17) is 4.42 Å². The van der Waals surface area contributed by atoms with Crippen LogP contribution in [0.1, 0.15) is 6.92 Å². The monoisotopic (exact) mass is 223 g/mol. The van der Waals surface area contributed by atoms with Gasteiger partial charge < -0.3 is 9.73 Å². The zero-order valence-corrected chi connectivity index (χ0v) is 8.45. The first-order valence-corrected chi connectivity index (χ1v) is 4.61. The van der Waals surface area contributed by atoms with Crippen molar-refractivity contribution in [2.45, 2.75) is 6.92 Å². The van der Waals surface area contributed by atoms with Crippen LogP contribution in [0.15, 0.2) is 22.7 Å². The summed E-state index contributed by atoms with van der Waals surface area (Å²) in [5.74, 6) is 0.514. The Hall–Kier alpha value is -2.38. The number of hydrogen-bond donors (Lipinski definition) is 1. The van der Waals surface area contributed by atoms with Crippen molar-refractivity contribution in [2.75, 3.05) is 11.9 Å². The van der Waals surface area contributed by atoms with Crippen LogP contribution in [0.25, 0.3) is 5.88 Å². The number of aromatic nitrogens is 3. The highest BCUT2D eigenvalue weighted by molar-refractivity contribution is 5.33. The van der Waals surface area contributed by atoms with Crippen LogP contribution in [-0.2, 0) is 0 Å². The summed E-state index contributed by atoms with van der Waals surface area (Å²) in [7, 11) is 0. The van der Waals surface area contributed by atoms with E-state index in [1.54, 1.807) is 6.20 Å². The zero-order chi connectivity index (χ0) is 11.5. The first kappa shape index (κ1) is 10.1.